The molecule has 0 aliphatic rings. The summed E-state index contributed by atoms with van der Waals surface area (Å²) in [7, 11) is 1.67. The van der Waals surface area contributed by atoms with Crippen LogP contribution in [-0.4, -0.2) is 7.11 Å². The van der Waals surface area contributed by atoms with E-state index in [2.05, 4.69) is 70.1 Å². The van der Waals surface area contributed by atoms with Crippen LogP contribution in [0.25, 0.3) is 0 Å². The van der Waals surface area contributed by atoms with E-state index >= 15 is 0 Å². The zero-order chi connectivity index (χ0) is 15.6. The summed E-state index contributed by atoms with van der Waals surface area (Å²) >= 11 is 8.92. The predicted molar refractivity (Wildman–Crippen MR) is 98.7 cm³/mol. The number of rotatable bonds is 4. The minimum Gasteiger partial charge on any atom is -0.495 e. The Bertz CT molecular complexity index is 632. The van der Waals surface area contributed by atoms with Gasteiger partial charge in [0.2, 0.25) is 0 Å². The smallest absolute Gasteiger partial charge is 0.135 e. The summed E-state index contributed by atoms with van der Waals surface area (Å²) in [6.07, 6.45) is 0. The molecule has 0 atom stereocenters. The summed E-state index contributed by atoms with van der Waals surface area (Å²) in [5, 5.41) is 3.46. The van der Waals surface area contributed by atoms with Gasteiger partial charge in [0, 0.05) is 26.8 Å². The molecule has 0 aliphatic heterocycles. The first-order chi connectivity index (χ1) is 9.81. The zero-order valence-electron chi connectivity index (χ0n) is 12.6. The lowest BCUT2D eigenvalue weighted by Gasteiger charge is -2.15. The second-order valence-electron chi connectivity index (χ2n) is 5.84. The molecule has 2 nitrogen and oxygen atoms in total. The third-order valence-electron chi connectivity index (χ3n) is 3.10. The topological polar surface area (TPSA) is 21.3 Å². The number of anilines is 1. The van der Waals surface area contributed by atoms with Crippen molar-refractivity contribution in [3.8, 4) is 5.75 Å². The van der Waals surface area contributed by atoms with Crippen LogP contribution < -0.4 is 10.1 Å². The van der Waals surface area contributed by atoms with Gasteiger partial charge in [-0.25, -0.2) is 0 Å². The van der Waals surface area contributed by atoms with E-state index in [1.165, 1.54) is 9.75 Å². The van der Waals surface area contributed by atoms with Crippen LogP contribution in [0.4, 0.5) is 5.69 Å². The van der Waals surface area contributed by atoms with Gasteiger partial charge in [-0.3, -0.25) is 0 Å². The summed E-state index contributed by atoms with van der Waals surface area (Å²) in [4.78, 5) is 2.74. The fourth-order valence-corrected chi connectivity index (χ4v) is 4.18. The van der Waals surface area contributed by atoms with E-state index in [-0.39, 0.29) is 5.41 Å². The van der Waals surface area contributed by atoms with Crippen LogP contribution in [0.15, 0.2) is 33.2 Å². The Morgan fingerprint density at radius 3 is 2.43 bits per heavy atom. The molecule has 1 heterocycles. The molecule has 1 aromatic heterocycles. The Morgan fingerprint density at radius 1 is 1.14 bits per heavy atom. The van der Waals surface area contributed by atoms with Crippen molar-refractivity contribution in [1.82, 2.24) is 0 Å². The second-order valence-corrected chi connectivity index (χ2v) is 8.71. The summed E-state index contributed by atoms with van der Waals surface area (Å²) in [6, 6.07) is 8.41. The van der Waals surface area contributed by atoms with Crippen LogP contribution in [0.3, 0.4) is 0 Å². The van der Waals surface area contributed by atoms with Crippen LogP contribution in [0.5, 0.6) is 5.75 Å². The first-order valence-corrected chi connectivity index (χ1v) is 9.07. The third-order valence-corrected chi connectivity index (χ3v) is 5.88. The van der Waals surface area contributed by atoms with Gasteiger partial charge in [0.25, 0.3) is 0 Å². The molecule has 21 heavy (non-hydrogen) atoms. The molecule has 0 radical (unpaired) electrons. The van der Waals surface area contributed by atoms with Crippen molar-refractivity contribution in [3.05, 3.63) is 43.0 Å². The van der Waals surface area contributed by atoms with Crippen LogP contribution >= 0.6 is 43.2 Å². The van der Waals surface area contributed by atoms with Gasteiger partial charge in [0.1, 0.15) is 5.75 Å². The van der Waals surface area contributed by atoms with Crippen LogP contribution in [0.2, 0.25) is 0 Å². The minimum atomic E-state index is 0.213. The highest BCUT2D eigenvalue weighted by atomic mass is 79.9. The Balaban J connectivity index is 2.11. The molecular weight excluding hydrogens is 414 g/mol. The Morgan fingerprint density at radius 2 is 1.86 bits per heavy atom. The zero-order valence-corrected chi connectivity index (χ0v) is 16.6. The third kappa shape index (κ3) is 4.24. The molecule has 0 fully saturated rings. The molecule has 0 amide bonds. The normalized spacial score (nSPS) is 11.5. The number of halogens is 2. The van der Waals surface area contributed by atoms with Crippen LogP contribution in [0, 0.1) is 0 Å². The minimum absolute atomic E-state index is 0.213. The lowest BCUT2D eigenvalue weighted by Crippen LogP contribution is -2.07. The van der Waals surface area contributed by atoms with Gasteiger partial charge in [-0.05, 0) is 55.5 Å². The summed E-state index contributed by atoms with van der Waals surface area (Å²) < 4.78 is 7.29. The highest BCUT2D eigenvalue weighted by Gasteiger charge is 2.16. The number of thiophene rings is 1. The van der Waals surface area contributed by atoms with E-state index in [4.69, 9.17) is 4.74 Å². The van der Waals surface area contributed by atoms with Crippen molar-refractivity contribution in [2.75, 3.05) is 12.4 Å². The van der Waals surface area contributed by atoms with Gasteiger partial charge in [-0.2, -0.15) is 0 Å². The number of nitrogens with one attached hydrogen (secondary N) is 1. The molecule has 2 aromatic rings. The molecule has 0 saturated heterocycles. The molecule has 0 aliphatic carbocycles. The average Bonchev–Trinajstić information content (AvgIpc) is 2.86. The lowest BCUT2D eigenvalue weighted by molar-refractivity contribution is 0.412. The average molecular weight is 433 g/mol. The van der Waals surface area contributed by atoms with Gasteiger partial charge in [-0.1, -0.05) is 20.8 Å². The summed E-state index contributed by atoms with van der Waals surface area (Å²) in [5.74, 6) is 0.822. The molecule has 0 bridgehead atoms. The molecule has 1 aromatic carbocycles. The second kappa shape index (κ2) is 6.71. The maximum absolute atomic E-state index is 5.34. The van der Waals surface area contributed by atoms with Crippen molar-refractivity contribution >= 4 is 48.9 Å². The highest BCUT2D eigenvalue weighted by Crippen LogP contribution is 2.35. The summed E-state index contributed by atoms with van der Waals surface area (Å²) in [5.41, 5.74) is 1.24. The summed E-state index contributed by atoms with van der Waals surface area (Å²) in [6.45, 7) is 7.54. The first kappa shape index (κ1) is 16.8. The van der Waals surface area contributed by atoms with Gasteiger partial charge in [0.05, 0.1) is 17.3 Å². The maximum atomic E-state index is 5.34. The number of methoxy groups -OCH3 is 1. The molecule has 0 spiro atoms. The van der Waals surface area contributed by atoms with Gasteiger partial charge in [0.15, 0.2) is 0 Å². The maximum Gasteiger partial charge on any atom is 0.135 e. The highest BCUT2D eigenvalue weighted by molar-refractivity contribution is 9.11. The van der Waals surface area contributed by atoms with E-state index in [0.29, 0.717) is 0 Å². The van der Waals surface area contributed by atoms with Gasteiger partial charge < -0.3 is 10.1 Å². The van der Waals surface area contributed by atoms with Crippen LogP contribution in [-0.2, 0) is 12.0 Å². The molecule has 0 saturated carbocycles. The molecule has 114 valence electrons. The Hall–Kier alpha value is -0.520. The quantitative estimate of drug-likeness (QED) is 0.621. The number of hydrogen-bond acceptors (Lipinski definition) is 3. The number of benzene rings is 1. The van der Waals surface area contributed by atoms with E-state index in [1.54, 1.807) is 7.11 Å². The van der Waals surface area contributed by atoms with E-state index < -0.39 is 0 Å². The molecular formula is C16H19Br2NOS. The largest absolute Gasteiger partial charge is 0.495 e. The predicted octanol–water partition coefficient (Wildman–Crippen LogP) is 6.19. The molecule has 1 N–H and O–H groups in total. The molecule has 5 heteroatoms. The van der Waals surface area contributed by atoms with Gasteiger partial charge >= 0.3 is 0 Å². The molecule has 0 unspecified atom stereocenters. The van der Waals surface area contributed by atoms with Crippen LogP contribution in [0.1, 0.15) is 30.5 Å². The standard InChI is InChI=1S/C16H19Br2NOS/c1-16(2,3)15-6-5-10(21-15)9-19-13-8-14(20-4)12(18)7-11(13)17/h5-8,19H,9H2,1-4H3. The van der Waals surface area contributed by atoms with Gasteiger partial charge in [-0.15, -0.1) is 11.3 Å². The van der Waals surface area contributed by atoms with E-state index in [1.807, 2.05) is 23.5 Å². The number of ether oxygens (including phenoxy) is 1. The van der Waals surface area contributed by atoms with Crippen molar-refractivity contribution in [3.63, 3.8) is 0 Å². The van der Waals surface area contributed by atoms with E-state index in [0.717, 1.165) is 26.9 Å². The fourth-order valence-electron chi connectivity index (χ4n) is 1.88. The monoisotopic (exact) mass is 431 g/mol. The molecule has 2 rings (SSSR count). The lowest BCUT2D eigenvalue weighted by atomic mass is 9.95. The Kier molecular flexibility index (Phi) is 5.38. The van der Waals surface area contributed by atoms with Crippen molar-refractivity contribution in [2.24, 2.45) is 0 Å². The fraction of sp³-hybridized carbons (Fsp3) is 0.375. The first-order valence-electron chi connectivity index (χ1n) is 6.67. The van der Waals surface area contributed by atoms with Crippen molar-refractivity contribution < 1.29 is 4.74 Å². The van der Waals surface area contributed by atoms with E-state index in [9.17, 15) is 0 Å². The van der Waals surface area contributed by atoms with Crippen molar-refractivity contribution in [1.29, 1.82) is 0 Å². The Labute approximate surface area is 147 Å². The number of hydrogen-bond donors (Lipinski definition) is 1. The van der Waals surface area contributed by atoms with Crippen molar-refractivity contribution in [2.45, 2.75) is 32.7 Å². The SMILES string of the molecule is COc1cc(NCc2ccc(C(C)(C)C)s2)c(Br)cc1Br.